The number of thiazole rings is 1. The Bertz CT molecular complexity index is 1720. The van der Waals surface area contributed by atoms with E-state index in [0.29, 0.717) is 22.0 Å². The summed E-state index contributed by atoms with van der Waals surface area (Å²) in [5.41, 5.74) is 4.29. The Labute approximate surface area is 236 Å². The Morgan fingerprint density at radius 3 is 2.50 bits per heavy atom. The molecule has 40 heavy (non-hydrogen) atoms. The molecule has 9 nitrogen and oxygen atoms in total. The van der Waals surface area contributed by atoms with Gasteiger partial charge in [0, 0.05) is 16.5 Å². The maximum absolute atomic E-state index is 12.5. The molecule has 4 aromatic rings. The second kappa shape index (κ2) is 12.2. The number of nitrogens with zero attached hydrogens (tertiary/aromatic N) is 2. The van der Waals surface area contributed by atoms with Crippen molar-refractivity contribution in [3.05, 3.63) is 88.8 Å². The van der Waals surface area contributed by atoms with Gasteiger partial charge in [0.2, 0.25) is 5.91 Å². The Hall–Kier alpha value is -4.37. The number of aromatic nitrogens is 1. The lowest BCUT2D eigenvalue weighted by atomic mass is 9.98. The largest absolute Gasteiger partial charge is 0.392 e. The minimum atomic E-state index is -3.54. The SMILES string of the molecule is CC(C)S(=O)(=O)c1cccc(C(=O)NCC(=O)Nc2nc(-c3cccc(-c4cc(C#N)cc(CO)c4)c3)cs2)c1. The average molecular weight is 575 g/mol. The fourth-order valence-corrected chi connectivity index (χ4v) is 5.69. The summed E-state index contributed by atoms with van der Waals surface area (Å²) in [5.74, 6) is -1.06. The molecule has 2 amide bonds. The third kappa shape index (κ3) is 6.60. The molecule has 3 aromatic carbocycles. The van der Waals surface area contributed by atoms with Crippen LogP contribution in [-0.4, -0.2) is 42.1 Å². The first-order valence-electron chi connectivity index (χ1n) is 12.2. The third-order valence-corrected chi connectivity index (χ3v) is 8.91. The van der Waals surface area contributed by atoms with Gasteiger partial charge in [-0.2, -0.15) is 5.26 Å². The smallest absolute Gasteiger partial charge is 0.251 e. The second-order valence-corrected chi connectivity index (χ2v) is 12.5. The van der Waals surface area contributed by atoms with Gasteiger partial charge in [0.05, 0.1) is 40.6 Å². The Morgan fingerprint density at radius 2 is 1.77 bits per heavy atom. The zero-order chi connectivity index (χ0) is 28.9. The van der Waals surface area contributed by atoms with Gasteiger partial charge < -0.3 is 15.7 Å². The van der Waals surface area contributed by atoms with Crippen molar-refractivity contribution in [3.8, 4) is 28.5 Å². The van der Waals surface area contributed by atoms with Crippen molar-refractivity contribution >= 4 is 38.1 Å². The highest BCUT2D eigenvalue weighted by Crippen LogP contribution is 2.30. The van der Waals surface area contributed by atoms with E-state index in [1.54, 1.807) is 31.4 Å². The number of sulfone groups is 1. The molecule has 3 N–H and O–H groups in total. The number of carbonyl (C=O) groups is 2. The summed E-state index contributed by atoms with van der Waals surface area (Å²) < 4.78 is 24.8. The van der Waals surface area contributed by atoms with Crippen LogP contribution < -0.4 is 10.6 Å². The van der Waals surface area contributed by atoms with Gasteiger partial charge in [0.15, 0.2) is 15.0 Å². The molecule has 0 fully saturated rings. The number of hydrogen-bond donors (Lipinski definition) is 3. The van der Waals surface area contributed by atoms with Crippen molar-refractivity contribution in [1.29, 1.82) is 5.26 Å². The summed E-state index contributed by atoms with van der Waals surface area (Å²) in [5, 5.41) is 25.5. The summed E-state index contributed by atoms with van der Waals surface area (Å²) in [7, 11) is -3.54. The molecule has 0 aliphatic heterocycles. The van der Waals surface area contributed by atoms with Gasteiger partial charge in [0.1, 0.15) is 0 Å². The molecule has 0 atom stereocenters. The van der Waals surface area contributed by atoms with E-state index >= 15 is 0 Å². The Kier molecular flexibility index (Phi) is 8.74. The van der Waals surface area contributed by atoms with Crippen molar-refractivity contribution in [1.82, 2.24) is 10.3 Å². The molecule has 0 radical (unpaired) electrons. The number of hydrogen-bond acceptors (Lipinski definition) is 8. The van der Waals surface area contributed by atoms with E-state index in [-0.39, 0.29) is 23.6 Å². The number of rotatable bonds is 9. The van der Waals surface area contributed by atoms with Gasteiger partial charge >= 0.3 is 0 Å². The molecule has 0 bridgehead atoms. The first-order valence-corrected chi connectivity index (χ1v) is 14.7. The van der Waals surface area contributed by atoms with E-state index in [1.165, 1.54) is 35.6 Å². The van der Waals surface area contributed by atoms with Crippen LogP contribution in [0.5, 0.6) is 0 Å². The van der Waals surface area contributed by atoms with Crippen LogP contribution in [0.2, 0.25) is 0 Å². The lowest BCUT2D eigenvalue weighted by molar-refractivity contribution is -0.115. The molecule has 0 saturated heterocycles. The molecule has 0 aliphatic rings. The van der Waals surface area contributed by atoms with Crippen LogP contribution >= 0.6 is 11.3 Å². The number of nitrogens with one attached hydrogen (secondary N) is 2. The minimum Gasteiger partial charge on any atom is -0.392 e. The maximum Gasteiger partial charge on any atom is 0.251 e. The molecular formula is C29H26N4O5S2. The van der Waals surface area contributed by atoms with E-state index in [2.05, 4.69) is 21.7 Å². The van der Waals surface area contributed by atoms with Gasteiger partial charge in [-0.05, 0) is 73.0 Å². The molecule has 1 heterocycles. The highest BCUT2D eigenvalue weighted by molar-refractivity contribution is 7.92. The van der Waals surface area contributed by atoms with Crippen molar-refractivity contribution in [3.63, 3.8) is 0 Å². The number of nitriles is 1. The lowest BCUT2D eigenvalue weighted by Gasteiger charge is -2.10. The number of carbonyl (C=O) groups excluding carboxylic acids is 2. The summed E-state index contributed by atoms with van der Waals surface area (Å²) in [6, 6.07) is 20.6. The van der Waals surface area contributed by atoms with Crippen LogP contribution in [-0.2, 0) is 21.2 Å². The maximum atomic E-state index is 12.5. The number of aliphatic hydroxyl groups excluding tert-OH is 1. The fourth-order valence-electron chi connectivity index (χ4n) is 3.85. The quantitative estimate of drug-likeness (QED) is 0.268. The summed E-state index contributed by atoms with van der Waals surface area (Å²) in [6.07, 6.45) is 0. The standard InChI is InChI=1S/C29H26N4O5S2/c1-18(2)40(37,38)25-8-4-7-23(13-25)28(36)31-15-27(35)33-29-32-26(17-39-29)22-6-3-5-21(12-22)24-10-19(14-30)9-20(11-24)16-34/h3-13,17-18,34H,15-16H2,1-2H3,(H,31,36)(H,32,33,35). The predicted octanol–water partition coefficient (Wildman–Crippen LogP) is 4.39. The van der Waals surface area contributed by atoms with Crippen LogP contribution in [0, 0.1) is 11.3 Å². The molecule has 11 heteroatoms. The van der Waals surface area contributed by atoms with Crippen molar-refractivity contribution in [2.75, 3.05) is 11.9 Å². The predicted molar refractivity (Wildman–Crippen MR) is 153 cm³/mol. The van der Waals surface area contributed by atoms with Gasteiger partial charge in [-0.3, -0.25) is 9.59 Å². The van der Waals surface area contributed by atoms with Crippen molar-refractivity contribution in [2.45, 2.75) is 30.6 Å². The van der Waals surface area contributed by atoms with Gasteiger partial charge in [-0.15, -0.1) is 11.3 Å². The van der Waals surface area contributed by atoms with E-state index < -0.39 is 26.9 Å². The number of benzene rings is 3. The minimum absolute atomic E-state index is 0.0468. The van der Waals surface area contributed by atoms with Gasteiger partial charge in [-0.25, -0.2) is 13.4 Å². The first kappa shape index (κ1) is 28.6. The van der Waals surface area contributed by atoms with Crippen molar-refractivity contribution in [2.24, 2.45) is 0 Å². The first-order chi connectivity index (χ1) is 19.1. The third-order valence-electron chi connectivity index (χ3n) is 6.00. The van der Waals surface area contributed by atoms with E-state index in [9.17, 15) is 28.4 Å². The molecule has 0 unspecified atom stereocenters. The molecule has 0 aliphatic carbocycles. The molecule has 1 aromatic heterocycles. The van der Waals surface area contributed by atoms with Crippen LogP contribution in [0.25, 0.3) is 22.4 Å². The van der Waals surface area contributed by atoms with E-state index in [0.717, 1.165) is 16.7 Å². The zero-order valence-corrected chi connectivity index (χ0v) is 23.3. The number of anilines is 1. The van der Waals surface area contributed by atoms with Gasteiger partial charge in [-0.1, -0.05) is 24.3 Å². The number of amides is 2. The molecule has 204 valence electrons. The molecule has 4 rings (SSSR count). The van der Waals surface area contributed by atoms with Crippen LogP contribution in [0.15, 0.2) is 77.0 Å². The van der Waals surface area contributed by atoms with Crippen LogP contribution in [0.4, 0.5) is 5.13 Å². The highest BCUT2D eigenvalue weighted by Gasteiger charge is 2.20. The second-order valence-electron chi connectivity index (χ2n) is 9.16. The molecule has 0 saturated carbocycles. The molecular weight excluding hydrogens is 548 g/mol. The number of aliphatic hydroxyl groups is 1. The lowest BCUT2D eigenvalue weighted by Crippen LogP contribution is -2.33. The summed E-state index contributed by atoms with van der Waals surface area (Å²) in [6.45, 7) is 2.63. The summed E-state index contributed by atoms with van der Waals surface area (Å²) >= 11 is 1.23. The van der Waals surface area contributed by atoms with Crippen LogP contribution in [0.1, 0.15) is 35.3 Å². The van der Waals surface area contributed by atoms with Gasteiger partial charge in [0.25, 0.3) is 5.91 Å². The van der Waals surface area contributed by atoms with E-state index in [4.69, 9.17) is 0 Å². The topological polar surface area (TPSA) is 149 Å². The zero-order valence-electron chi connectivity index (χ0n) is 21.7. The highest BCUT2D eigenvalue weighted by atomic mass is 32.2. The summed E-state index contributed by atoms with van der Waals surface area (Å²) in [4.78, 5) is 29.5. The molecule has 0 spiro atoms. The van der Waals surface area contributed by atoms with Crippen LogP contribution in [0.3, 0.4) is 0 Å². The normalized spacial score (nSPS) is 11.2. The average Bonchev–Trinajstić information content (AvgIpc) is 3.44. The Morgan fingerprint density at radius 1 is 1.02 bits per heavy atom. The van der Waals surface area contributed by atoms with E-state index in [1.807, 2.05) is 30.3 Å². The monoisotopic (exact) mass is 574 g/mol. The Balaban J connectivity index is 1.41. The fraction of sp³-hybridized carbons (Fsp3) is 0.172. The van der Waals surface area contributed by atoms with Crippen molar-refractivity contribution < 1.29 is 23.1 Å².